The summed E-state index contributed by atoms with van der Waals surface area (Å²) in [6.07, 6.45) is 3.75. The standard InChI is InChI=1S/C34H27BrN2O5S/c1-3-18-12-21(35)14-24-25(34(41)42-16-27(38)28-5-4-10-43-28)15-26(36-31(18)24)19-6-8-22(9-7-19)37-32(39)29-20-11-17(2)23(13-20)30(29)33(37)40/h4-12,14-15,20,23,29-30H,3,13,16H2,1-2H3. The molecule has 2 amide bonds. The average Bonchev–Trinajstić information content (AvgIpc) is 3.79. The van der Waals surface area contributed by atoms with E-state index in [0.717, 1.165) is 22.0 Å². The second-order valence-corrected chi connectivity index (χ2v) is 13.2. The minimum atomic E-state index is -0.617. The fourth-order valence-electron chi connectivity index (χ4n) is 6.97. The predicted octanol–water partition coefficient (Wildman–Crippen LogP) is 7.03. The first kappa shape index (κ1) is 27.9. The zero-order chi connectivity index (χ0) is 30.0. The Morgan fingerprint density at radius 1 is 1.07 bits per heavy atom. The third-order valence-electron chi connectivity index (χ3n) is 8.99. The number of halogens is 1. The van der Waals surface area contributed by atoms with Crippen molar-refractivity contribution >= 4 is 67.4 Å². The van der Waals surface area contributed by atoms with Gasteiger partial charge in [0.25, 0.3) is 0 Å². The molecule has 1 aliphatic heterocycles. The highest BCUT2D eigenvalue weighted by atomic mass is 79.9. The van der Waals surface area contributed by atoms with Gasteiger partial charge in [-0.2, -0.15) is 0 Å². The van der Waals surface area contributed by atoms with Gasteiger partial charge in [0.15, 0.2) is 6.61 Å². The van der Waals surface area contributed by atoms with E-state index >= 15 is 0 Å². The number of anilines is 1. The van der Waals surface area contributed by atoms with E-state index in [-0.39, 0.29) is 47.9 Å². The van der Waals surface area contributed by atoms with Crippen LogP contribution in [0.1, 0.15) is 45.9 Å². The van der Waals surface area contributed by atoms with Crippen molar-refractivity contribution in [2.45, 2.75) is 26.7 Å². The number of Topliss-reactive ketones (excluding diaryl/α,β-unsaturated/α-hetero) is 1. The number of nitrogens with zero attached hydrogens (tertiary/aromatic N) is 2. The number of ether oxygens (including phenoxy) is 1. The number of pyridine rings is 1. The number of carbonyl (C=O) groups excluding carboxylic acids is 4. The van der Waals surface area contributed by atoms with Gasteiger partial charge in [0.2, 0.25) is 17.6 Å². The van der Waals surface area contributed by atoms with E-state index in [2.05, 4.69) is 28.9 Å². The van der Waals surface area contributed by atoms with E-state index in [1.807, 2.05) is 31.2 Å². The Morgan fingerprint density at radius 3 is 2.56 bits per heavy atom. The Bertz CT molecular complexity index is 1860. The number of carbonyl (C=O) groups is 4. The molecule has 216 valence electrons. The number of imide groups is 1. The van der Waals surface area contributed by atoms with E-state index in [1.54, 1.807) is 35.7 Å². The van der Waals surface area contributed by atoms with Gasteiger partial charge in [-0.25, -0.2) is 9.78 Å². The summed E-state index contributed by atoms with van der Waals surface area (Å²) in [5, 5.41) is 2.43. The van der Waals surface area contributed by atoms with Crippen LogP contribution in [0.2, 0.25) is 0 Å². The molecule has 2 aromatic carbocycles. The van der Waals surface area contributed by atoms with Crippen LogP contribution < -0.4 is 4.90 Å². The summed E-state index contributed by atoms with van der Waals surface area (Å²) in [6.45, 7) is 3.71. The third kappa shape index (κ3) is 4.57. The van der Waals surface area contributed by atoms with Crippen LogP contribution in [0.5, 0.6) is 0 Å². The molecular weight excluding hydrogens is 628 g/mol. The van der Waals surface area contributed by atoms with Gasteiger partial charge in [-0.3, -0.25) is 19.3 Å². The molecule has 4 aromatic rings. The summed E-state index contributed by atoms with van der Waals surface area (Å²) < 4.78 is 6.30. The van der Waals surface area contributed by atoms with E-state index in [1.165, 1.54) is 21.8 Å². The fourth-order valence-corrected chi connectivity index (χ4v) is 8.13. The van der Waals surface area contributed by atoms with Crippen LogP contribution in [0, 0.1) is 23.7 Å². The Morgan fingerprint density at radius 2 is 1.84 bits per heavy atom. The lowest BCUT2D eigenvalue weighted by molar-refractivity contribution is -0.123. The summed E-state index contributed by atoms with van der Waals surface area (Å²) in [5.41, 5.74) is 4.93. The van der Waals surface area contributed by atoms with Crippen molar-refractivity contribution in [3.63, 3.8) is 0 Å². The molecule has 3 aliphatic rings. The molecule has 0 radical (unpaired) electrons. The molecule has 1 saturated heterocycles. The van der Waals surface area contributed by atoms with Crippen LogP contribution in [0.25, 0.3) is 22.2 Å². The first-order valence-electron chi connectivity index (χ1n) is 14.3. The number of esters is 1. The monoisotopic (exact) mass is 654 g/mol. The van der Waals surface area contributed by atoms with Gasteiger partial charge in [-0.1, -0.05) is 52.7 Å². The molecule has 2 bridgehead atoms. The minimum absolute atomic E-state index is 0.119. The number of aryl methyl sites for hydroxylation is 1. The maximum absolute atomic E-state index is 13.4. The topological polar surface area (TPSA) is 93.6 Å². The minimum Gasteiger partial charge on any atom is -0.454 e. The maximum atomic E-state index is 13.4. The highest BCUT2D eigenvalue weighted by Gasteiger charge is 2.60. The molecule has 3 heterocycles. The number of benzene rings is 2. The molecule has 4 atom stereocenters. The zero-order valence-electron chi connectivity index (χ0n) is 23.5. The second kappa shape index (κ2) is 10.6. The number of aromatic nitrogens is 1. The number of amides is 2. The first-order chi connectivity index (χ1) is 20.7. The largest absolute Gasteiger partial charge is 0.454 e. The van der Waals surface area contributed by atoms with Crippen LogP contribution in [-0.2, 0) is 20.7 Å². The van der Waals surface area contributed by atoms with Crippen molar-refractivity contribution in [1.29, 1.82) is 0 Å². The number of hydrogen-bond acceptors (Lipinski definition) is 7. The van der Waals surface area contributed by atoms with Crippen molar-refractivity contribution in [2.24, 2.45) is 23.7 Å². The lowest BCUT2D eigenvalue weighted by Crippen LogP contribution is -2.32. The van der Waals surface area contributed by atoms with Crippen molar-refractivity contribution in [3.05, 3.63) is 92.1 Å². The van der Waals surface area contributed by atoms with Crippen LogP contribution in [0.4, 0.5) is 5.69 Å². The smallest absolute Gasteiger partial charge is 0.339 e. The number of hydrogen-bond donors (Lipinski definition) is 0. The number of thiophene rings is 1. The molecule has 2 fully saturated rings. The lowest BCUT2D eigenvalue weighted by atomic mass is 9.82. The van der Waals surface area contributed by atoms with Crippen LogP contribution in [0.3, 0.4) is 0 Å². The van der Waals surface area contributed by atoms with Gasteiger partial charge in [-0.05, 0) is 78.9 Å². The van der Waals surface area contributed by atoms with Gasteiger partial charge in [0.05, 0.1) is 39.2 Å². The summed E-state index contributed by atoms with van der Waals surface area (Å²) >= 11 is 4.85. The van der Waals surface area contributed by atoms with Gasteiger partial charge < -0.3 is 4.74 Å². The van der Waals surface area contributed by atoms with E-state index < -0.39 is 5.97 Å². The van der Waals surface area contributed by atoms with Gasteiger partial charge in [0.1, 0.15) is 0 Å². The molecule has 7 nitrogen and oxygen atoms in total. The average molecular weight is 656 g/mol. The number of ketones is 1. The van der Waals surface area contributed by atoms with Crippen molar-refractivity contribution in [2.75, 3.05) is 11.5 Å². The molecule has 1 saturated carbocycles. The number of allylic oxidation sites excluding steroid dienone is 2. The summed E-state index contributed by atoms with van der Waals surface area (Å²) in [7, 11) is 0. The first-order valence-corrected chi connectivity index (χ1v) is 16.0. The third-order valence-corrected chi connectivity index (χ3v) is 10.4. The summed E-state index contributed by atoms with van der Waals surface area (Å²) in [6, 6.07) is 16.1. The predicted molar refractivity (Wildman–Crippen MR) is 168 cm³/mol. The molecule has 7 rings (SSSR count). The molecule has 2 aliphatic carbocycles. The number of fused-ring (bicyclic) bond motifs is 6. The lowest BCUT2D eigenvalue weighted by Gasteiger charge is -2.19. The van der Waals surface area contributed by atoms with Gasteiger partial charge >= 0.3 is 5.97 Å². The Hall–Kier alpha value is -3.95. The summed E-state index contributed by atoms with van der Waals surface area (Å²) in [4.78, 5) is 59.5. The van der Waals surface area contributed by atoms with E-state index in [0.29, 0.717) is 39.1 Å². The molecular formula is C34H27BrN2O5S. The molecule has 9 heteroatoms. The molecule has 0 spiro atoms. The van der Waals surface area contributed by atoms with Crippen LogP contribution in [0.15, 0.2) is 76.1 Å². The van der Waals surface area contributed by atoms with E-state index in [4.69, 9.17) is 9.72 Å². The van der Waals surface area contributed by atoms with Gasteiger partial charge in [0, 0.05) is 15.4 Å². The molecule has 0 N–H and O–H groups in total. The van der Waals surface area contributed by atoms with E-state index in [9.17, 15) is 19.2 Å². The molecule has 2 aromatic heterocycles. The van der Waals surface area contributed by atoms with Gasteiger partial charge in [-0.15, -0.1) is 11.3 Å². The zero-order valence-corrected chi connectivity index (χ0v) is 25.9. The van der Waals surface area contributed by atoms with Crippen molar-refractivity contribution < 1.29 is 23.9 Å². The molecule has 4 unspecified atom stereocenters. The normalized spacial score (nSPS) is 22.3. The Labute approximate surface area is 260 Å². The number of rotatable bonds is 7. The van der Waals surface area contributed by atoms with Crippen molar-refractivity contribution in [3.8, 4) is 11.3 Å². The van der Waals surface area contributed by atoms with Crippen LogP contribution in [-0.4, -0.2) is 35.2 Å². The fraction of sp³-hybridized carbons (Fsp3) is 0.265. The maximum Gasteiger partial charge on any atom is 0.339 e. The summed E-state index contributed by atoms with van der Waals surface area (Å²) in [5.74, 6) is -1.36. The quantitative estimate of drug-likeness (QED) is 0.0919. The SMILES string of the molecule is CCc1cc(Br)cc2c(C(=O)OCC(=O)c3cccs3)cc(-c3ccc(N4C(=O)C5C6C=C(C)C(C6)C5C4=O)cc3)nc12. The second-order valence-electron chi connectivity index (χ2n) is 11.4. The Balaban J connectivity index is 1.21. The van der Waals surface area contributed by atoms with Crippen LogP contribution >= 0.6 is 27.3 Å². The molecule has 43 heavy (non-hydrogen) atoms. The highest BCUT2D eigenvalue weighted by molar-refractivity contribution is 9.10. The highest BCUT2D eigenvalue weighted by Crippen LogP contribution is 2.56. The Kier molecular flexibility index (Phi) is 6.90. The van der Waals surface area contributed by atoms with Crippen molar-refractivity contribution in [1.82, 2.24) is 4.98 Å².